The van der Waals surface area contributed by atoms with Crippen molar-refractivity contribution in [2.45, 2.75) is 31.7 Å². The summed E-state index contributed by atoms with van der Waals surface area (Å²) in [4.78, 5) is 10.6. The lowest BCUT2D eigenvalue weighted by Crippen LogP contribution is -2.29. The highest BCUT2D eigenvalue weighted by molar-refractivity contribution is 5.85. The Morgan fingerprint density at radius 1 is 0.927 bits per heavy atom. The number of hydrogen-bond acceptors (Lipinski definition) is 3. The van der Waals surface area contributed by atoms with Crippen LogP contribution in [-0.2, 0) is 0 Å². The van der Waals surface area contributed by atoms with Crippen molar-refractivity contribution in [3.8, 4) is 11.1 Å². The maximum atomic E-state index is 16.1. The molecular weight excluding hydrogens is 516 g/mol. The number of aryl methyl sites for hydroxylation is 1. The molecule has 5 nitrogen and oxygen atoms in total. The van der Waals surface area contributed by atoms with Gasteiger partial charge in [0.25, 0.3) is 0 Å². The fraction of sp³-hybridized carbons (Fsp3) is 0.235. The molecule has 1 fully saturated rings. The Balaban J connectivity index is 1.29. The van der Waals surface area contributed by atoms with E-state index in [2.05, 4.69) is 29.1 Å². The molecular formula is C34H31F2N5. The third-order valence-corrected chi connectivity index (χ3v) is 8.51. The largest absolute Gasteiger partial charge is 0.340 e. The predicted molar refractivity (Wildman–Crippen MR) is 159 cm³/mol. The summed E-state index contributed by atoms with van der Waals surface area (Å²) in [5.41, 5.74) is 6.20. The van der Waals surface area contributed by atoms with Crippen LogP contribution in [0.5, 0.6) is 0 Å². The van der Waals surface area contributed by atoms with E-state index in [9.17, 15) is 4.39 Å². The van der Waals surface area contributed by atoms with E-state index >= 15 is 4.39 Å². The number of fused-ring (bicyclic) bond motifs is 2. The van der Waals surface area contributed by atoms with E-state index in [1.54, 1.807) is 10.7 Å². The van der Waals surface area contributed by atoms with Gasteiger partial charge in [-0.05, 0) is 92.3 Å². The van der Waals surface area contributed by atoms with Gasteiger partial charge in [0.2, 0.25) is 0 Å². The van der Waals surface area contributed by atoms with Crippen LogP contribution in [0.1, 0.15) is 47.3 Å². The van der Waals surface area contributed by atoms with Crippen molar-refractivity contribution < 1.29 is 8.78 Å². The molecule has 0 bridgehead atoms. The monoisotopic (exact) mass is 547 g/mol. The molecule has 41 heavy (non-hydrogen) atoms. The molecule has 1 unspecified atom stereocenters. The molecule has 0 amide bonds. The van der Waals surface area contributed by atoms with Gasteiger partial charge >= 0.3 is 0 Å². The summed E-state index contributed by atoms with van der Waals surface area (Å²) < 4.78 is 32.3. The molecule has 0 aliphatic carbocycles. The van der Waals surface area contributed by atoms with Crippen molar-refractivity contribution in [2.24, 2.45) is 0 Å². The predicted octanol–water partition coefficient (Wildman–Crippen LogP) is 7.61. The van der Waals surface area contributed by atoms with Crippen molar-refractivity contribution in [3.05, 3.63) is 119 Å². The zero-order chi connectivity index (χ0) is 28.1. The number of benzene rings is 4. The van der Waals surface area contributed by atoms with E-state index < -0.39 is 6.04 Å². The van der Waals surface area contributed by atoms with Crippen LogP contribution >= 0.6 is 0 Å². The van der Waals surface area contributed by atoms with Crippen LogP contribution in [0.2, 0.25) is 0 Å². The first kappa shape index (κ1) is 25.6. The SMILES string of the molecule is Cc1ccc(F)cc1C(c1nc2ccccc2[nH]1)n1cc2ccc(-c3ccc(C4CCN(C)CC4)cc3)c(F)c2n1. The van der Waals surface area contributed by atoms with Gasteiger partial charge in [-0.1, -0.05) is 54.6 Å². The van der Waals surface area contributed by atoms with Crippen LogP contribution in [-0.4, -0.2) is 44.8 Å². The molecule has 1 saturated heterocycles. The van der Waals surface area contributed by atoms with Gasteiger partial charge < -0.3 is 9.88 Å². The quantitative estimate of drug-likeness (QED) is 0.242. The van der Waals surface area contributed by atoms with Crippen LogP contribution in [0.25, 0.3) is 33.1 Å². The Bertz CT molecular complexity index is 1830. The van der Waals surface area contributed by atoms with Crippen molar-refractivity contribution in [1.82, 2.24) is 24.6 Å². The van der Waals surface area contributed by atoms with Crippen molar-refractivity contribution >= 4 is 21.9 Å². The molecule has 1 N–H and O–H groups in total. The molecule has 0 radical (unpaired) electrons. The molecule has 1 atom stereocenters. The Morgan fingerprint density at radius 3 is 2.49 bits per heavy atom. The lowest BCUT2D eigenvalue weighted by atomic mass is 9.88. The van der Waals surface area contributed by atoms with Gasteiger partial charge in [0.15, 0.2) is 5.82 Å². The van der Waals surface area contributed by atoms with Crippen LogP contribution in [0.4, 0.5) is 8.78 Å². The zero-order valence-electron chi connectivity index (χ0n) is 23.1. The van der Waals surface area contributed by atoms with E-state index in [4.69, 9.17) is 10.1 Å². The van der Waals surface area contributed by atoms with Crippen molar-refractivity contribution in [1.29, 1.82) is 0 Å². The fourth-order valence-electron chi connectivity index (χ4n) is 6.13. The number of H-pyrrole nitrogens is 1. The standard InChI is InChI=1S/C34H31F2N5/c1-21-7-13-26(35)19-28(21)33(34-37-29-5-3-4-6-30(29)38-34)41-20-25-12-14-27(31(36)32(25)39-41)24-10-8-22(9-11-24)23-15-17-40(2)18-16-23/h3-14,19-20,23,33H,15-18H2,1-2H3,(H,37,38). The zero-order valence-corrected chi connectivity index (χ0v) is 23.1. The lowest BCUT2D eigenvalue weighted by Gasteiger charge is -2.29. The topological polar surface area (TPSA) is 49.7 Å². The maximum Gasteiger partial charge on any atom is 0.159 e. The van der Waals surface area contributed by atoms with Crippen LogP contribution in [0, 0.1) is 18.6 Å². The molecule has 2 aromatic heterocycles. The molecule has 1 aliphatic heterocycles. The van der Waals surface area contributed by atoms with Gasteiger partial charge in [-0.15, -0.1) is 0 Å². The molecule has 6 aromatic rings. The highest BCUT2D eigenvalue weighted by atomic mass is 19.1. The van der Waals surface area contributed by atoms with Crippen LogP contribution in [0.3, 0.4) is 0 Å². The van der Waals surface area contributed by atoms with E-state index in [1.165, 1.54) is 17.7 Å². The first-order valence-electron chi connectivity index (χ1n) is 14.1. The van der Waals surface area contributed by atoms with Gasteiger partial charge in [-0.2, -0.15) is 5.10 Å². The number of para-hydroxylation sites is 2. The lowest BCUT2D eigenvalue weighted by molar-refractivity contribution is 0.255. The summed E-state index contributed by atoms with van der Waals surface area (Å²) in [6.07, 6.45) is 4.10. The highest BCUT2D eigenvalue weighted by Gasteiger charge is 2.25. The minimum absolute atomic E-state index is 0.275. The third kappa shape index (κ3) is 4.70. The maximum absolute atomic E-state index is 16.1. The average molecular weight is 548 g/mol. The van der Waals surface area contributed by atoms with E-state index in [0.717, 1.165) is 48.1 Å². The van der Waals surface area contributed by atoms with E-state index in [-0.39, 0.29) is 17.2 Å². The number of nitrogens with one attached hydrogen (secondary N) is 1. The van der Waals surface area contributed by atoms with Gasteiger partial charge in [0, 0.05) is 17.1 Å². The summed E-state index contributed by atoms with van der Waals surface area (Å²) in [7, 11) is 2.16. The molecule has 7 heteroatoms. The molecule has 7 rings (SSSR count). The number of piperidine rings is 1. The van der Waals surface area contributed by atoms with Crippen LogP contribution in [0.15, 0.2) is 85.1 Å². The summed E-state index contributed by atoms with van der Waals surface area (Å²) in [6, 6.07) is 23.9. The number of halogens is 2. The molecule has 1 aliphatic rings. The molecule has 3 heterocycles. The molecule has 206 valence electrons. The Kier molecular flexibility index (Phi) is 6.39. The van der Waals surface area contributed by atoms with E-state index in [1.807, 2.05) is 61.7 Å². The summed E-state index contributed by atoms with van der Waals surface area (Å²) in [6.45, 7) is 4.14. The Morgan fingerprint density at radius 2 is 1.71 bits per heavy atom. The first-order valence-corrected chi connectivity index (χ1v) is 14.1. The van der Waals surface area contributed by atoms with Crippen molar-refractivity contribution in [3.63, 3.8) is 0 Å². The van der Waals surface area contributed by atoms with Gasteiger partial charge in [0.05, 0.1) is 11.0 Å². The summed E-state index contributed by atoms with van der Waals surface area (Å²) in [5.74, 6) is 0.441. The van der Waals surface area contributed by atoms with Crippen molar-refractivity contribution in [2.75, 3.05) is 20.1 Å². The smallest absolute Gasteiger partial charge is 0.159 e. The summed E-state index contributed by atoms with van der Waals surface area (Å²) in [5, 5.41) is 5.42. The number of likely N-dealkylation sites (tertiary alicyclic amines) is 1. The minimum atomic E-state index is -0.567. The second kappa shape index (κ2) is 10.2. The molecule has 0 saturated carbocycles. The van der Waals surface area contributed by atoms with Gasteiger partial charge in [0.1, 0.15) is 23.2 Å². The normalized spacial score (nSPS) is 15.6. The highest BCUT2D eigenvalue weighted by Crippen LogP contribution is 2.34. The third-order valence-electron chi connectivity index (χ3n) is 8.51. The summed E-state index contributed by atoms with van der Waals surface area (Å²) >= 11 is 0. The number of rotatable bonds is 5. The number of hydrogen-bond donors (Lipinski definition) is 1. The van der Waals surface area contributed by atoms with E-state index in [0.29, 0.717) is 28.3 Å². The minimum Gasteiger partial charge on any atom is -0.340 e. The van der Waals surface area contributed by atoms with Gasteiger partial charge in [-0.3, -0.25) is 4.68 Å². The number of aromatic amines is 1. The number of aromatic nitrogens is 4. The van der Waals surface area contributed by atoms with Gasteiger partial charge in [-0.25, -0.2) is 13.8 Å². The molecule has 0 spiro atoms. The second-order valence-corrected chi connectivity index (χ2v) is 11.2. The Labute approximate surface area is 237 Å². The number of imidazole rings is 1. The Hall–Kier alpha value is -4.36. The van der Waals surface area contributed by atoms with Crippen LogP contribution < -0.4 is 0 Å². The number of nitrogens with zero attached hydrogens (tertiary/aromatic N) is 4. The fourth-order valence-corrected chi connectivity index (χ4v) is 6.13. The second-order valence-electron chi connectivity index (χ2n) is 11.2. The average Bonchev–Trinajstić information content (AvgIpc) is 3.61. The molecule has 4 aromatic carbocycles. The first-order chi connectivity index (χ1) is 19.9.